The number of hydrogen-bond donors (Lipinski definition) is 3. The van der Waals surface area contributed by atoms with Crippen LogP contribution in [0.4, 0.5) is 26.3 Å². The molecule has 0 saturated carbocycles. The summed E-state index contributed by atoms with van der Waals surface area (Å²) in [6.07, 6.45) is -2.59. The predicted molar refractivity (Wildman–Crippen MR) is 130 cm³/mol. The lowest BCUT2D eigenvalue weighted by Gasteiger charge is -2.40. The number of carboxylic acid groups (broad SMARTS) is 2. The van der Waals surface area contributed by atoms with Crippen molar-refractivity contribution >= 4 is 11.9 Å². The Morgan fingerprint density at radius 2 is 1.62 bits per heavy atom. The average Bonchev–Trinajstić information content (AvgIpc) is 3.43. The van der Waals surface area contributed by atoms with E-state index in [9.17, 15) is 26.3 Å². The average molecular weight is 583 g/mol. The molecule has 224 valence electrons. The summed E-state index contributed by atoms with van der Waals surface area (Å²) >= 11 is 0. The molecule has 15 heteroatoms. The van der Waals surface area contributed by atoms with E-state index in [4.69, 9.17) is 24.5 Å². The van der Waals surface area contributed by atoms with Crippen LogP contribution in [0.3, 0.4) is 0 Å². The first-order valence-corrected chi connectivity index (χ1v) is 12.2. The Balaban J connectivity index is 0.000000333. The number of carboxylic acids is 2. The number of methoxy groups -OCH3 is 1. The number of likely N-dealkylation sites (tertiary alicyclic amines) is 1. The maximum Gasteiger partial charge on any atom is 0.490 e. The number of aryl methyl sites for hydroxylation is 1. The number of benzene rings is 1. The van der Waals surface area contributed by atoms with Gasteiger partial charge in [0.2, 0.25) is 0 Å². The van der Waals surface area contributed by atoms with E-state index in [1.807, 2.05) is 12.4 Å². The van der Waals surface area contributed by atoms with E-state index < -0.39 is 24.3 Å². The first-order chi connectivity index (χ1) is 18.6. The Hall–Kier alpha value is -3.17. The van der Waals surface area contributed by atoms with Crippen molar-refractivity contribution in [3.8, 4) is 0 Å². The summed E-state index contributed by atoms with van der Waals surface area (Å²) in [7, 11) is 3.85. The number of nitrogens with one attached hydrogen (secondary N) is 1. The zero-order valence-corrected chi connectivity index (χ0v) is 21.9. The molecule has 1 fully saturated rings. The summed E-state index contributed by atoms with van der Waals surface area (Å²) in [5, 5.41) is 18.0. The van der Waals surface area contributed by atoms with Crippen LogP contribution < -0.4 is 5.32 Å². The molecule has 1 unspecified atom stereocenters. The van der Waals surface area contributed by atoms with Gasteiger partial charge in [-0.3, -0.25) is 0 Å². The van der Waals surface area contributed by atoms with Gasteiger partial charge in [-0.15, -0.1) is 0 Å². The van der Waals surface area contributed by atoms with Gasteiger partial charge >= 0.3 is 24.3 Å². The molecule has 0 bridgehead atoms. The highest BCUT2D eigenvalue weighted by Gasteiger charge is 2.45. The molecule has 1 aromatic heterocycles. The van der Waals surface area contributed by atoms with Crippen molar-refractivity contribution in [2.75, 3.05) is 33.4 Å². The lowest BCUT2D eigenvalue weighted by atomic mass is 9.73. The van der Waals surface area contributed by atoms with Gasteiger partial charge in [0, 0.05) is 39.1 Å². The van der Waals surface area contributed by atoms with Gasteiger partial charge in [-0.1, -0.05) is 24.3 Å². The third-order valence-electron chi connectivity index (χ3n) is 6.84. The number of fused-ring (bicyclic) bond motifs is 2. The normalized spacial score (nSPS) is 18.2. The zero-order valence-electron chi connectivity index (χ0n) is 21.9. The van der Waals surface area contributed by atoms with Gasteiger partial charge in [-0.25, -0.2) is 14.6 Å². The van der Waals surface area contributed by atoms with E-state index in [0.29, 0.717) is 11.5 Å². The molecule has 1 spiro atoms. The minimum absolute atomic E-state index is 0.333. The van der Waals surface area contributed by atoms with Gasteiger partial charge in [0.15, 0.2) is 0 Å². The number of rotatable bonds is 6. The number of piperidine rings is 1. The van der Waals surface area contributed by atoms with Crippen molar-refractivity contribution in [2.24, 2.45) is 7.05 Å². The number of aliphatic carboxylic acids is 2. The smallest absolute Gasteiger partial charge is 0.475 e. The van der Waals surface area contributed by atoms with Gasteiger partial charge in [0.05, 0.1) is 13.2 Å². The molecule has 2 heterocycles. The molecule has 9 nitrogen and oxygen atoms in total. The molecule has 0 radical (unpaired) electrons. The SMILES string of the molecule is COCCN1CCC2(CC1)CC(NCc1nccn1C)c1ccccc12.O=C(O)C(F)(F)F.O=C(O)C(F)(F)F. The maximum absolute atomic E-state index is 10.6. The van der Waals surface area contributed by atoms with Crippen molar-refractivity contribution in [3.05, 3.63) is 53.6 Å². The van der Waals surface area contributed by atoms with Crippen molar-refractivity contribution < 1.29 is 50.9 Å². The molecule has 0 amide bonds. The fraction of sp³-hybridized carbons (Fsp3) is 0.560. The van der Waals surface area contributed by atoms with E-state index in [1.54, 1.807) is 12.7 Å². The first kappa shape index (κ1) is 33.0. The minimum Gasteiger partial charge on any atom is -0.475 e. The number of aromatic nitrogens is 2. The van der Waals surface area contributed by atoms with Crippen LogP contribution in [0.25, 0.3) is 0 Å². The summed E-state index contributed by atoms with van der Waals surface area (Å²) in [6.45, 7) is 5.04. The molecule has 2 aliphatic rings. The van der Waals surface area contributed by atoms with Gasteiger partial charge < -0.3 is 29.7 Å². The second-order valence-electron chi connectivity index (χ2n) is 9.40. The Kier molecular flexibility index (Phi) is 11.5. The van der Waals surface area contributed by atoms with Crippen molar-refractivity contribution in [1.82, 2.24) is 19.8 Å². The van der Waals surface area contributed by atoms with Crippen LogP contribution in [0.2, 0.25) is 0 Å². The standard InChI is InChI=1S/C21H30N4O.2C2HF3O2/c1-24-12-9-22-20(24)16-23-19-15-21(18-6-4-3-5-17(18)19)7-10-25(11-8-21)13-14-26-2;2*3-2(4,5)1(6)7/h3-6,9,12,19,23H,7-8,10-11,13-16H2,1-2H3;2*(H,6,7). The lowest BCUT2D eigenvalue weighted by molar-refractivity contribution is -0.193. The van der Waals surface area contributed by atoms with E-state index in [0.717, 1.165) is 25.5 Å². The van der Waals surface area contributed by atoms with Gasteiger partial charge in [-0.05, 0) is 48.9 Å². The molecular weight excluding hydrogens is 550 g/mol. The summed E-state index contributed by atoms with van der Waals surface area (Å²) in [6, 6.07) is 9.49. The molecule has 2 aromatic rings. The van der Waals surface area contributed by atoms with Crippen molar-refractivity contribution in [2.45, 2.75) is 49.6 Å². The summed E-state index contributed by atoms with van der Waals surface area (Å²) in [5.41, 5.74) is 3.40. The number of hydrogen-bond acceptors (Lipinski definition) is 6. The topological polar surface area (TPSA) is 117 Å². The van der Waals surface area contributed by atoms with E-state index >= 15 is 0 Å². The number of imidazole rings is 1. The van der Waals surface area contributed by atoms with E-state index in [1.165, 1.54) is 37.9 Å². The Labute approximate surface area is 226 Å². The van der Waals surface area contributed by atoms with Gasteiger partial charge in [-0.2, -0.15) is 26.3 Å². The van der Waals surface area contributed by atoms with Crippen LogP contribution >= 0.6 is 0 Å². The highest BCUT2D eigenvalue weighted by Crippen LogP contribution is 2.50. The lowest BCUT2D eigenvalue weighted by Crippen LogP contribution is -2.43. The van der Waals surface area contributed by atoms with Crippen LogP contribution in [0.5, 0.6) is 0 Å². The number of alkyl halides is 6. The molecule has 40 heavy (non-hydrogen) atoms. The monoisotopic (exact) mass is 582 g/mol. The third kappa shape index (κ3) is 9.20. The van der Waals surface area contributed by atoms with Crippen LogP contribution in [0.1, 0.15) is 42.3 Å². The van der Waals surface area contributed by atoms with Crippen LogP contribution in [-0.4, -0.2) is 82.3 Å². The second-order valence-corrected chi connectivity index (χ2v) is 9.40. The van der Waals surface area contributed by atoms with Crippen molar-refractivity contribution in [1.29, 1.82) is 0 Å². The number of carbonyl (C=O) groups is 2. The number of ether oxygens (including phenoxy) is 1. The molecule has 1 atom stereocenters. The minimum atomic E-state index is -5.08. The molecule has 1 aromatic carbocycles. The maximum atomic E-state index is 10.6. The van der Waals surface area contributed by atoms with Gasteiger partial charge in [0.25, 0.3) is 0 Å². The van der Waals surface area contributed by atoms with Gasteiger partial charge in [0.1, 0.15) is 5.82 Å². The molecule has 1 aliphatic carbocycles. The second kappa shape index (κ2) is 13.9. The summed E-state index contributed by atoms with van der Waals surface area (Å²) in [4.78, 5) is 24.8. The Morgan fingerprint density at radius 1 is 1.07 bits per heavy atom. The fourth-order valence-corrected chi connectivity index (χ4v) is 4.76. The highest BCUT2D eigenvalue weighted by atomic mass is 19.4. The summed E-state index contributed by atoms with van der Waals surface area (Å²) < 4.78 is 70.8. The fourth-order valence-electron chi connectivity index (χ4n) is 4.76. The largest absolute Gasteiger partial charge is 0.490 e. The zero-order chi connectivity index (χ0) is 30.1. The van der Waals surface area contributed by atoms with E-state index in [2.05, 4.69) is 51.1 Å². The highest BCUT2D eigenvalue weighted by molar-refractivity contribution is 5.73. The predicted octanol–water partition coefficient (Wildman–Crippen LogP) is 3.90. The van der Waals surface area contributed by atoms with Crippen LogP contribution in [0, 0.1) is 0 Å². The number of nitrogens with zero attached hydrogens (tertiary/aromatic N) is 3. The first-order valence-electron chi connectivity index (χ1n) is 12.2. The molecular formula is C25H32F6N4O5. The van der Waals surface area contributed by atoms with Crippen LogP contribution in [-0.2, 0) is 33.3 Å². The van der Waals surface area contributed by atoms with Crippen molar-refractivity contribution in [3.63, 3.8) is 0 Å². The van der Waals surface area contributed by atoms with Crippen LogP contribution in [0.15, 0.2) is 36.7 Å². The summed E-state index contributed by atoms with van der Waals surface area (Å²) in [5.74, 6) is -4.42. The molecule has 4 rings (SSSR count). The molecule has 1 aliphatic heterocycles. The molecule has 1 saturated heterocycles. The molecule has 3 N–H and O–H groups in total. The Morgan fingerprint density at radius 3 is 2.10 bits per heavy atom. The Bertz CT molecular complexity index is 1090. The third-order valence-corrected chi connectivity index (χ3v) is 6.84. The van der Waals surface area contributed by atoms with E-state index in [-0.39, 0.29) is 0 Å². The quantitative estimate of drug-likeness (QED) is 0.440. The number of halogens is 6.